The molecular formula is C22H22BF3N2O5. The van der Waals surface area contributed by atoms with E-state index in [4.69, 9.17) is 4.42 Å². The molecule has 0 radical (unpaired) electrons. The van der Waals surface area contributed by atoms with Gasteiger partial charge in [-0.1, -0.05) is 30.3 Å². The normalized spacial score (nSPS) is 13.4. The minimum absolute atomic E-state index is 0.0407. The molecule has 2 amide bonds. The smallest absolute Gasteiger partial charge is 0.464 e. The Morgan fingerprint density at radius 1 is 1.09 bits per heavy atom. The third-order valence-electron chi connectivity index (χ3n) is 5.20. The highest BCUT2D eigenvalue weighted by Gasteiger charge is 2.32. The molecular weight excluding hydrogens is 440 g/mol. The maximum Gasteiger partial charge on any atom is 0.475 e. The summed E-state index contributed by atoms with van der Waals surface area (Å²) in [6, 6.07) is 11.6. The van der Waals surface area contributed by atoms with Gasteiger partial charge in [0.15, 0.2) is 0 Å². The standard InChI is InChI=1S/C22H22BF3N2O5/c1-13(20(29)27-11-14-5-4-6-16(9-14)22(24,25)26)21(30)28-19(23(31)32)10-15-12-33-18-8-3-2-7-17(15)18/h2-9,12-13,19,31-32H,10-11H2,1H3,(H,27,29)(H,28,30)/t13?,19-/m0/s1. The van der Waals surface area contributed by atoms with E-state index >= 15 is 0 Å². The molecule has 1 unspecified atom stereocenters. The zero-order chi connectivity index (χ0) is 24.2. The molecule has 1 heterocycles. The van der Waals surface area contributed by atoms with E-state index in [9.17, 15) is 32.8 Å². The molecule has 174 valence electrons. The largest absolute Gasteiger partial charge is 0.475 e. The summed E-state index contributed by atoms with van der Waals surface area (Å²) < 4.78 is 43.9. The van der Waals surface area contributed by atoms with Gasteiger partial charge >= 0.3 is 13.3 Å². The number of amides is 2. The van der Waals surface area contributed by atoms with Crippen LogP contribution < -0.4 is 10.6 Å². The molecule has 0 bridgehead atoms. The second kappa shape index (κ2) is 10.1. The van der Waals surface area contributed by atoms with Crippen molar-refractivity contribution in [3.8, 4) is 0 Å². The summed E-state index contributed by atoms with van der Waals surface area (Å²) in [5, 5.41) is 25.0. The first-order chi connectivity index (χ1) is 15.6. The number of hydrogen-bond acceptors (Lipinski definition) is 5. The van der Waals surface area contributed by atoms with E-state index in [1.165, 1.54) is 25.3 Å². The SMILES string of the molecule is CC(C(=O)NCc1cccc(C(F)(F)F)c1)C(=O)N[C@@H](Cc1coc2ccccc12)B(O)O. The maximum atomic E-state index is 12.8. The van der Waals surface area contributed by atoms with Crippen molar-refractivity contribution in [1.29, 1.82) is 0 Å². The maximum absolute atomic E-state index is 12.8. The fourth-order valence-corrected chi connectivity index (χ4v) is 3.29. The van der Waals surface area contributed by atoms with Crippen molar-refractivity contribution in [2.45, 2.75) is 32.0 Å². The molecule has 0 fully saturated rings. The van der Waals surface area contributed by atoms with Gasteiger partial charge in [0, 0.05) is 11.9 Å². The highest BCUT2D eigenvalue weighted by atomic mass is 19.4. The van der Waals surface area contributed by atoms with Gasteiger partial charge in [-0.15, -0.1) is 0 Å². The molecule has 11 heteroatoms. The number of halogens is 3. The van der Waals surface area contributed by atoms with Crippen molar-refractivity contribution in [2.24, 2.45) is 5.92 Å². The highest BCUT2D eigenvalue weighted by molar-refractivity contribution is 6.43. The van der Waals surface area contributed by atoms with Crippen molar-refractivity contribution < 1.29 is 37.2 Å². The van der Waals surface area contributed by atoms with Crippen molar-refractivity contribution >= 4 is 29.9 Å². The molecule has 2 aromatic carbocycles. The molecule has 0 aliphatic heterocycles. The van der Waals surface area contributed by atoms with Gasteiger partial charge in [0.05, 0.1) is 17.8 Å². The molecule has 2 atom stereocenters. The van der Waals surface area contributed by atoms with E-state index in [2.05, 4.69) is 10.6 Å². The number of fused-ring (bicyclic) bond motifs is 1. The van der Waals surface area contributed by atoms with E-state index in [-0.39, 0.29) is 18.5 Å². The molecule has 0 saturated heterocycles. The van der Waals surface area contributed by atoms with Crippen LogP contribution >= 0.6 is 0 Å². The van der Waals surface area contributed by atoms with Crippen molar-refractivity contribution in [1.82, 2.24) is 10.6 Å². The minimum Gasteiger partial charge on any atom is -0.464 e. The molecule has 3 rings (SSSR count). The minimum atomic E-state index is -4.51. The summed E-state index contributed by atoms with van der Waals surface area (Å²) in [7, 11) is -1.90. The lowest BCUT2D eigenvalue weighted by Gasteiger charge is -2.20. The van der Waals surface area contributed by atoms with Crippen LogP contribution in [0.15, 0.2) is 59.2 Å². The fourth-order valence-electron chi connectivity index (χ4n) is 3.29. The lowest BCUT2D eigenvalue weighted by molar-refractivity contribution is -0.137. The molecule has 33 heavy (non-hydrogen) atoms. The van der Waals surface area contributed by atoms with Gasteiger partial charge in [0.1, 0.15) is 11.5 Å². The van der Waals surface area contributed by atoms with Gasteiger partial charge in [0.25, 0.3) is 0 Å². The lowest BCUT2D eigenvalue weighted by atomic mass is 9.75. The van der Waals surface area contributed by atoms with Crippen LogP contribution in [-0.4, -0.2) is 34.9 Å². The lowest BCUT2D eigenvalue weighted by Crippen LogP contribution is -2.51. The third-order valence-corrected chi connectivity index (χ3v) is 5.20. The fraction of sp³-hybridized carbons (Fsp3) is 0.273. The van der Waals surface area contributed by atoms with Gasteiger partial charge in [0.2, 0.25) is 11.8 Å². The average molecular weight is 462 g/mol. The second-order valence-corrected chi connectivity index (χ2v) is 7.63. The number of nitrogens with one attached hydrogen (secondary N) is 2. The topological polar surface area (TPSA) is 112 Å². The third kappa shape index (κ3) is 6.14. The summed E-state index contributed by atoms with van der Waals surface area (Å²) >= 11 is 0. The molecule has 1 aromatic heterocycles. The van der Waals surface area contributed by atoms with Crippen molar-refractivity contribution in [2.75, 3.05) is 0 Å². The Balaban J connectivity index is 1.60. The van der Waals surface area contributed by atoms with Gasteiger partial charge in [-0.3, -0.25) is 9.59 Å². The first kappa shape index (κ1) is 24.3. The number of benzene rings is 2. The Bertz CT molecular complexity index is 1130. The molecule has 0 spiro atoms. The number of para-hydroxylation sites is 1. The van der Waals surface area contributed by atoms with Gasteiger partial charge in [-0.2, -0.15) is 13.2 Å². The van der Waals surface area contributed by atoms with E-state index in [1.54, 1.807) is 24.3 Å². The molecule has 0 aliphatic rings. The zero-order valence-corrected chi connectivity index (χ0v) is 17.6. The van der Waals surface area contributed by atoms with Gasteiger partial charge in [-0.25, -0.2) is 0 Å². The molecule has 4 N–H and O–H groups in total. The Morgan fingerprint density at radius 3 is 2.52 bits per heavy atom. The Morgan fingerprint density at radius 2 is 1.82 bits per heavy atom. The van der Waals surface area contributed by atoms with Crippen LogP contribution in [0.4, 0.5) is 13.2 Å². The number of hydrogen-bond donors (Lipinski definition) is 4. The number of carbonyl (C=O) groups excluding carboxylic acids is 2. The predicted molar refractivity (Wildman–Crippen MR) is 114 cm³/mol. The number of furan rings is 1. The number of carbonyl (C=O) groups is 2. The molecule has 0 aliphatic carbocycles. The van der Waals surface area contributed by atoms with E-state index in [1.807, 2.05) is 0 Å². The highest BCUT2D eigenvalue weighted by Crippen LogP contribution is 2.29. The van der Waals surface area contributed by atoms with Crippen LogP contribution in [0.3, 0.4) is 0 Å². The van der Waals surface area contributed by atoms with Crippen molar-refractivity contribution in [3.05, 3.63) is 71.5 Å². The number of rotatable bonds is 8. The quantitative estimate of drug-likeness (QED) is 0.304. The van der Waals surface area contributed by atoms with Crippen LogP contribution in [0.25, 0.3) is 11.0 Å². The Kier molecular flexibility index (Phi) is 7.45. The summed E-state index contributed by atoms with van der Waals surface area (Å²) in [6.45, 7) is 1.11. The molecule has 3 aromatic rings. The van der Waals surface area contributed by atoms with Crippen LogP contribution in [0.2, 0.25) is 0 Å². The van der Waals surface area contributed by atoms with Crippen LogP contribution in [0.5, 0.6) is 0 Å². The van der Waals surface area contributed by atoms with Gasteiger partial charge < -0.3 is 25.1 Å². The van der Waals surface area contributed by atoms with Crippen LogP contribution in [-0.2, 0) is 28.7 Å². The van der Waals surface area contributed by atoms with E-state index in [0.29, 0.717) is 11.1 Å². The summed E-state index contributed by atoms with van der Waals surface area (Å²) in [5.74, 6) is -3.82. The number of alkyl halides is 3. The first-order valence-corrected chi connectivity index (χ1v) is 10.1. The zero-order valence-electron chi connectivity index (χ0n) is 17.6. The summed E-state index contributed by atoms with van der Waals surface area (Å²) in [5.41, 5.74) is 0.630. The van der Waals surface area contributed by atoms with Gasteiger partial charge in [-0.05, 0) is 42.7 Å². The molecule has 0 saturated carbocycles. The summed E-state index contributed by atoms with van der Waals surface area (Å²) in [4.78, 5) is 24.9. The van der Waals surface area contributed by atoms with Crippen LogP contribution in [0.1, 0.15) is 23.6 Å². The average Bonchev–Trinajstić information content (AvgIpc) is 3.18. The van der Waals surface area contributed by atoms with E-state index < -0.39 is 42.5 Å². The first-order valence-electron chi connectivity index (χ1n) is 10.1. The Labute approximate surface area is 187 Å². The van der Waals surface area contributed by atoms with E-state index in [0.717, 1.165) is 17.5 Å². The molecule has 7 nitrogen and oxygen atoms in total. The second-order valence-electron chi connectivity index (χ2n) is 7.63. The van der Waals surface area contributed by atoms with Crippen molar-refractivity contribution in [3.63, 3.8) is 0 Å². The Hall–Kier alpha value is -3.31. The van der Waals surface area contributed by atoms with Crippen LogP contribution in [0, 0.1) is 5.92 Å². The monoisotopic (exact) mass is 462 g/mol. The summed E-state index contributed by atoms with van der Waals surface area (Å²) in [6.07, 6.45) is -3.01. The predicted octanol–water partition coefficient (Wildman–Crippen LogP) is 2.44.